The van der Waals surface area contributed by atoms with Gasteiger partial charge in [0, 0.05) is 18.2 Å². The maximum Gasteiger partial charge on any atom is 0.338 e. The molecule has 1 atom stereocenters. The fourth-order valence-corrected chi connectivity index (χ4v) is 4.14. The number of fused-ring (bicyclic) bond motifs is 1. The Kier molecular flexibility index (Phi) is 6.43. The Morgan fingerprint density at radius 1 is 1.00 bits per heavy atom. The minimum atomic E-state index is -0.130. The summed E-state index contributed by atoms with van der Waals surface area (Å²) in [7, 11) is 0. The molecule has 0 radical (unpaired) electrons. The Morgan fingerprint density at radius 2 is 1.77 bits per heavy atom. The third kappa shape index (κ3) is 4.54. The summed E-state index contributed by atoms with van der Waals surface area (Å²) >= 11 is 0. The van der Waals surface area contributed by atoms with Crippen LogP contribution in [0.1, 0.15) is 49.7 Å². The number of rotatable bonds is 7. The number of hydrazone groups is 1. The molecule has 2 amide bonds. The third-order valence-corrected chi connectivity index (χ3v) is 5.79. The van der Waals surface area contributed by atoms with Gasteiger partial charge in [0.05, 0.1) is 6.54 Å². The van der Waals surface area contributed by atoms with E-state index in [1.807, 2.05) is 24.3 Å². The van der Waals surface area contributed by atoms with E-state index in [2.05, 4.69) is 60.8 Å². The first-order valence-corrected chi connectivity index (χ1v) is 10.9. The minimum Gasteiger partial charge on any atom is -0.332 e. The second kappa shape index (κ2) is 9.57. The average Bonchev–Trinajstić information content (AvgIpc) is 3.22. The van der Waals surface area contributed by atoms with Crippen LogP contribution < -0.4 is 5.32 Å². The quantitative estimate of drug-likeness (QED) is 0.480. The lowest BCUT2D eigenvalue weighted by Gasteiger charge is -2.16. The van der Waals surface area contributed by atoms with Crippen LogP contribution in [-0.4, -0.2) is 23.3 Å². The van der Waals surface area contributed by atoms with Crippen molar-refractivity contribution in [1.82, 2.24) is 10.3 Å². The van der Waals surface area contributed by atoms with Crippen molar-refractivity contribution < 1.29 is 4.79 Å². The topological polar surface area (TPSA) is 44.7 Å². The van der Waals surface area contributed by atoms with Crippen molar-refractivity contribution in [1.29, 1.82) is 0 Å². The number of benzene rings is 3. The summed E-state index contributed by atoms with van der Waals surface area (Å²) in [5.41, 5.74) is 3.47. The molecule has 154 valence electrons. The van der Waals surface area contributed by atoms with Crippen LogP contribution in [0.2, 0.25) is 0 Å². The Hall–Kier alpha value is -3.14. The van der Waals surface area contributed by atoms with E-state index in [0.717, 1.165) is 24.1 Å². The molecule has 1 unspecified atom stereocenters. The van der Waals surface area contributed by atoms with Gasteiger partial charge in [-0.05, 0) is 34.7 Å². The fourth-order valence-electron chi connectivity index (χ4n) is 4.14. The molecule has 30 heavy (non-hydrogen) atoms. The molecule has 0 aromatic heterocycles. The van der Waals surface area contributed by atoms with Gasteiger partial charge in [-0.2, -0.15) is 5.10 Å². The number of unbranched alkanes of at least 4 members (excludes halogenated alkanes) is 2. The standard InChI is InChI=1S/C26H29N3O/c1-2-3-5-17-25-24(21-11-6-4-7-12-21)19-29(28-25)26(30)27-18-22-15-10-14-20-13-8-9-16-23(20)22/h4,6-16,24H,2-3,5,17-19H2,1H3,(H,27,30). The first kappa shape index (κ1) is 20.1. The zero-order chi connectivity index (χ0) is 20.8. The molecule has 3 aromatic carbocycles. The van der Waals surface area contributed by atoms with E-state index < -0.39 is 0 Å². The average molecular weight is 400 g/mol. The fraction of sp³-hybridized carbons (Fsp3) is 0.308. The van der Waals surface area contributed by atoms with Gasteiger partial charge in [-0.25, -0.2) is 9.80 Å². The Labute approximate surface area is 178 Å². The summed E-state index contributed by atoms with van der Waals surface area (Å²) in [6, 6.07) is 24.8. The van der Waals surface area contributed by atoms with Crippen LogP contribution in [0.5, 0.6) is 0 Å². The number of amides is 2. The van der Waals surface area contributed by atoms with Crippen LogP contribution in [-0.2, 0) is 6.54 Å². The molecule has 0 bridgehead atoms. The molecule has 0 aliphatic carbocycles. The van der Waals surface area contributed by atoms with Gasteiger partial charge in [-0.3, -0.25) is 0 Å². The number of nitrogens with one attached hydrogen (secondary N) is 1. The molecule has 0 saturated carbocycles. The van der Waals surface area contributed by atoms with E-state index in [4.69, 9.17) is 5.10 Å². The summed E-state index contributed by atoms with van der Waals surface area (Å²) in [5.74, 6) is 0.186. The molecular formula is C26H29N3O. The summed E-state index contributed by atoms with van der Waals surface area (Å²) in [5, 5.41) is 11.8. The molecule has 0 saturated heterocycles. The first-order valence-electron chi connectivity index (χ1n) is 10.9. The number of hydrogen-bond acceptors (Lipinski definition) is 2. The molecule has 1 aliphatic heterocycles. The van der Waals surface area contributed by atoms with Gasteiger partial charge in [0.25, 0.3) is 0 Å². The van der Waals surface area contributed by atoms with Crippen molar-refractivity contribution in [3.05, 3.63) is 83.9 Å². The summed E-state index contributed by atoms with van der Waals surface area (Å²) in [6.45, 7) is 3.30. The van der Waals surface area contributed by atoms with Gasteiger partial charge in [-0.1, -0.05) is 92.6 Å². The Balaban J connectivity index is 1.46. The molecule has 1 N–H and O–H groups in total. The van der Waals surface area contributed by atoms with Crippen molar-refractivity contribution in [2.75, 3.05) is 6.54 Å². The van der Waals surface area contributed by atoms with Crippen LogP contribution in [0.4, 0.5) is 4.79 Å². The number of nitrogens with zero attached hydrogens (tertiary/aromatic N) is 2. The highest BCUT2D eigenvalue weighted by atomic mass is 16.2. The van der Waals surface area contributed by atoms with Crippen LogP contribution in [0.25, 0.3) is 10.8 Å². The smallest absolute Gasteiger partial charge is 0.332 e. The van der Waals surface area contributed by atoms with Gasteiger partial charge in [0.2, 0.25) is 0 Å². The van der Waals surface area contributed by atoms with Crippen molar-refractivity contribution >= 4 is 22.5 Å². The lowest BCUT2D eigenvalue weighted by Crippen LogP contribution is -2.35. The van der Waals surface area contributed by atoms with E-state index in [0.29, 0.717) is 13.1 Å². The van der Waals surface area contributed by atoms with Crippen molar-refractivity contribution in [3.8, 4) is 0 Å². The van der Waals surface area contributed by atoms with Gasteiger partial charge >= 0.3 is 6.03 Å². The van der Waals surface area contributed by atoms with Crippen molar-refractivity contribution in [2.45, 2.75) is 45.1 Å². The van der Waals surface area contributed by atoms with Crippen molar-refractivity contribution in [2.24, 2.45) is 5.10 Å². The number of hydrogen-bond donors (Lipinski definition) is 1. The Morgan fingerprint density at radius 3 is 2.60 bits per heavy atom. The summed E-state index contributed by atoms with van der Waals surface area (Å²) < 4.78 is 0. The minimum absolute atomic E-state index is 0.130. The van der Waals surface area contributed by atoms with Crippen LogP contribution in [0.3, 0.4) is 0 Å². The van der Waals surface area contributed by atoms with Gasteiger partial charge in [-0.15, -0.1) is 0 Å². The molecule has 1 heterocycles. The first-order chi connectivity index (χ1) is 14.8. The molecule has 4 nitrogen and oxygen atoms in total. The highest BCUT2D eigenvalue weighted by Crippen LogP contribution is 2.28. The normalized spacial score (nSPS) is 16.0. The van der Waals surface area contributed by atoms with Gasteiger partial charge < -0.3 is 5.32 Å². The Bertz CT molecular complexity index is 1020. The SMILES string of the molecule is CCCCCC1=NN(C(=O)NCc2cccc3ccccc23)CC1c1ccccc1. The van der Waals surface area contributed by atoms with E-state index in [1.54, 1.807) is 5.01 Å². The van der Waals surface area contributed by atoms with Crippen LogP contribution >= 0.6 is 0 Å². The lowest BCUT2D eigenvalue weighted by atomic mass is 9.92. The number of carbonyl (C=O) groups is 1. The maximum atomic E-state index is 12.9. The predicted octanol–water partition coefficient (Wildman–Crippen LogP) is 6.09. The van der Waals surface area contributed by atoms with Gasteiger partial charge in [0.1, 0.15) is 0 Å². The summed E-state index contributed by atoms with van der Waals surface area (Å²) in [4.78, 5) is 12.9. The molecule has 4 rings (SSSR count). The van der Waals surface area contributed by atoms with Crippen LogP contribution in [0, 0.1) is 0 Å². The second-order valence-electron chi connectivity index (χ2n) is 7.89. The van der Waals surface area contributed by atoms with E-state index in [1.165, 1.54) is 29.2 Å². The molecule has 3 aromatic rings. The van der Waals surface area contributed by atoms with Crippen LogP contribution in [0.15, 0.2) is 77.9 Å². The molecule has 0 fully saturated rings. The van der Waals surface area contributed by atoms with E-state index in [-0.39, 0.29) is 11.9 Å². The zero-order valence-corrected chi connectivity index (χ0v) is 17.6. The highest BCUT2D eigenvalue weighted by Gasteiger charge is 2.30. The van der Waals surface area contributed by atoms with E-state index >= 15 is 0 Å². The zero-order valence-electron chi connectivity index (χ0n) is 17.6. The molecule has 0 spiro atoms. The summed E-state index contributed by atoms with van der Waals surface area (Å²) in [6.07, 6.45) is 4.43. The molecule has 1 aliphatic rings. The largest absolute Gasteiger partial charge is 0.338 e. The predicted molar refractivity (Wildman–Crippen MR) is 124 cm³/mol. The number of carbonyl (C=O) groups excluding carboxylic acids is 1. The van der Waals surface area contributed by atoms with Crippen molar-refractivity contribution in [3.63, 3.8) is 0 Å². The van der Waals surface area contributed by atoms with Gasteiger partial charge in [0.15, 0.2) is 0 Å². The molecular weight excluding hydrogens is 370 g/mol. The third-order valence-electron chi connectivity index (χ3n) is 5.79. The lowest BCUT2D eigenvalue weighted by molar-refractivity contribution is 0.203. The molecule has 4 heteroatoms. The number of urea groups is 1. The monoisotopic (exact) mass is 399 g/mol. The second-order valence-corrected chi connectivity index (χ2v) is 7.89. The highest BCUT2D eigenvalue weighted by molar-refractivity contribution is 5.94. The van der Waals surface area contributed by atoms with E-state index in [9.17, 15) is 4.79 Å². The maximum absolute atomic E-state index is 12.9.